The number of fused-ring (bicyclic) bond motifs is 2. The molecule has 0 aliphatic heterocycles. The van der Waals surface area contributed by atoms with Crippen molar-refractivity contribution < 1.29 is 18.3 Å². The topological polar surface area (TPSA) is 38.3 Å². The highest BCUT2D eigenvalue weighted by molar-refractivity contribution is 9.10. The second-order valence-electron chi connectivity index (χ2n) is 6.62. The van der Waals surface area contributed by atoms with Crippen LogP contribution in [0.4, 0.5) is 8.78 Å². The number of alkyl halides is 2. The summed E-state index contributed by atoms with van der Waals surface area (Å²) in [5.74, 6) is 1.52. The Balaban J connectivity index is 1.71. The lowest BCUT2D eigenvalue weighted by Gasteiger charge is -2.28. The van der Waals surface area contributed by atoms with E-state index in [1.165, 1.54) is 31.4 Å². The fourth-order valence-corrected chi connectivity index (χ4v) is 4.54. The highest BCUT2D eigenvalue weighted by Gasteiger charge is 2.42. The van der Waals surface area contributed by atoms with Gasteiger partial charge in [0.2, 0.25) is 0 Å². The van der Waals surface area contributed by atoms with Gasteiger partial charge in [0.25, 0.3) is 5.91 Å². The third-order valence-corrected chi connectivity index (χ3v) is 5.69. The van der Waals surface area contributed by atoms with Gasteiger partial charge >= 0.3 is 6.61 Å². The van der Waals surface area contributed by atoms with Crippen molar-refractivity contribution in [3.63, 3.8) is 0 Å². The average molecular weight is 388 g/mol. The van der Waals surface area contributed by atoms with E-state index in [9.17, 15) is 13.6 Å². The van der Waals surface area contributed by atoms with Crippen LogP contribution in [0, 0.1) is 17.8 Å². The van der Waals surface area contributed by atoms with Crippen LogP contribution in [0.2, 0.25) is 0 Å². The molecule has 2 aliphatic carbocycles. The molecule has 126 valence electrons. The Morgan fingerprint density at radius 3 is 2.74 bits per heavy atom. The maximum absolute atomic E-state index is 12.5. The number of carbonyl (C=O) groups excluding carboxylic acids is 1. The summed E-state index contributed by atoms with van der Waals surface area (Å²) in [4.78, 5) is 12.5. The van der Waals surface area contributed by atoms with Crippen LogP contribution in [0.3, 0.4) is 0 Å². The first-order valence-electron chi connectivity index (χ1n) is 7.99. The first kappa shape index (κ1) is 16.7. The fourth-order valence-electron chi connectivity index (χ4n) is 4.18. The van der Waals surface area contributed by atoms with E-state index in [-0.39, 0.29) is 23.3 Å². The zero-order valence-electron chi connectivity index (χ0n) is 12.9. The molecule has 23 heavy (non-hydrogen) atoms. The van der Waals surface area contributed by atoms with Crippen molar-refractivity contribution in [1.29, 1.82) is 0 Å². The molecule has 6 heteroatoms. The summed E-state index contributed by atoms with van der Waals surface area (Å²) < 4.78 is 30.1. The molecule has 2 aliphatic rings. The minimum atomic E-state index is -2.95. The van der Waals surface area contributed by atoms with Crippen molar-refractivity contribution >= 4 is 21.8 Å². The van der Waals surface area contributed by atoms with Crippen molar-refractivity contribution in [1.82, 2.24) is 5.32 Å². The van der Waals surface area contributed by atoms with Crippen LogP contribution in [-0.4, -0.2) is 18.6 Å². The monoisotopic (exact) mass is 387 g/mol. The van der Waals surface area contributed by atoms with Crippen LogP contribution >= 0.6 is 15.9 Å². The Labute approximate surface area is 142 Å². The van der Waals surface area contributed by atoms with Crippen molar-refractivity contribution in [3.8, 4) is 5.75 Å². The number of hydrogen-bond donors (Lipinski definition) is 1. The summed E-state index contributed by atoms with van der Waals surface area (Å²) in [5, 5.41) is 2.98. The smallest absolute Gasteiger partial charge is 0.387 e. The second kappa shape index (κ2) is 6.75. The van der Waals surface area contributed by atoms with E-state index < -0.39 is 6.61 Å². The third-order valence-electron chi connectivity index (χ3n) is 5.20. The van der Waals surface area contributed by atoms with E-state index in [1.54, 1.807) is 6.07 Å². The van der Waals surface area contributed by atoms with Gasteiger partial charge < -0.3 is 10.1 Å². The maximum Gasteiger partial charge on any atom is 0.387 e. The van der Waals surface area contributed by atoms with Crippen LogP contribution in [-0.2, 0) is 0 Å². The highest BCUT2D eigenvalue weighted by Crippen LogP contribution is 2.49. The molecular weight excluding hydrogens is 368 g/mol. The predicted molar refractivity (Wildman–Crippen MR) is 86.6 cm³/mol. The van der Waals surface area contributed by atoms with E-state index in [4.69, 9.17) is 0 Å². The quantitative estimate of drug-likeness (QED) is 0.801. The molecule has 1 aromatic carbocycles. The van der Waals surface area contributed by atoms with Gasteiger partial charge in [-0.15, -0.1) is 0 Å². The van der Waals surface area contributed by atoms with Crippen molar-refractivity contribution in [2.75, 3.05) is 0 Å². The molecule has 2 saturated carbocycles. The summed E-state index contributed by atoms with van der Waals surface area (Å²) in [6.45, 7) is -0.944. The Bertz CT molecular complexity index is 596. The van der Waals surface area contributed by atoms with Gasteiger partial charge in [0.15, 0.2) is 0 Å². The lowest BCUT2D eigenvalue weighted by molar-refractivity contribution is -0.0501. The molecule has 1 N–H and O–H groups in total. The van der Waals surface area contributed by atoms with E-state index >= 15 is 0 Å². The molecule has 1 aromatic rings. The van der Waals surface area contributed by atoms with E-state index in [1.807, 2.05) is 6.92 Å². The third kappa shape index (κ3) is 3.67. The molecular formula is C17H20BrF2NO2. The van der Waals surface area contributed by atoms with E-state index in [2.05, 4.69) is 26.0 Å². The predicted octanol–water partition coefficient (Wildman–Crippen LogP) is 4.61. The minimum absolute atomic E-state index is 0.0381. The molecule has 0 saturated heterocycles. The molecule has 0 radical (unpaired) electrons. The number of amides is 1. The molecule has 2 bridgehead atoms. The number of carbonyl (C=O) groups is 1. The molecule has 3 rings (SSSR count). The number of halogens is 3. The van der Waals surface area contributed by atoms with Gasteiger partial charge in [0, 0.05) is 10.5 Å². The summed E-state index contributed by atoms with van der Waals surface area (Å²) in [6, 6.07) is 4.51. The largest absolute Gasteiger partial charge is 0.434 e. The van der Waals surface area contributed by atoms with Crippen molar-refractivity contribution in [2.45, 2.75) is 45.3 Å². The second-order valence-corrected chi connectivity index (χ2v) is 7.54. The number of rotatable bonds is 5. The normalized spacial score (nSPS) is 27.3. The Morgan fingerprint density at radius 2 is 2.13 bits per heavy atom. The van der Waals surface area contributed by atoms with Gasteiger partial charge in [0.1, 0.15) is 5.75 Å². The lowest BCUT2D eigenvalue weighted by atomic mass is 9.84. The Morgan fingerprint density at radius 1 is 1.35 bits per heavy atom. The van der Waals surface area contributed by atoms with Gasteiger partial charge in [-0.3, -0.25) is 4.79 Å². The summed E-state index contributed by atoms with van der Waals surface area (Å²) in [7, 11) is 0. The fraction of sp³-hybridized carbons (Fsp3) is 0.588. The van der Waals surface area contributed by atoms with Crippen LogP contribution in [0.15, 0.2) is 22.7 Å². The molecule has 0 heterocycles. The lowest BCUT2D eigenvalue weighted by Crippen LogP contribution is -2.40. The number of benzene rings is 1. The maximum atomic E-state index is 12.5. The van der Waals surface area contributed by atoms with Gasteiger partial charge in [-0.1, -0.05) is 22.4 Å². The minimum Gasteiger partial charge on any atom is -0.434 e. The van der Waals surface area contributed by atoms with Gasteiger partial charge in [-0.05, 0) is 62.1 Å². The van der Waals surface area contributed by atoms with Crippen molar-refractivity contribution in [3.05, 3.63) is 28.2 Å². The van der Waals surface area contributed by atoms with E-state index in [0.717, 1.165) is 12.3 Å². The summed E-state index contributed by atoms with van der Waals surface area (Å²) >= 11 is 3.27. The molecule has 2 fully saturated rings. The Kier molecular flexibility index (Phi) is 4.90. The van der Waals surface area contributed by atoms with E-state index in [0.29, 0.717) is 16.3 Å². The SMILES string of the molecule is C[C@@H](NC(=O)c1cc(Br)ccc1OC(F)F)[C@H]1C[C@@H]2CC[C@@H]1C2. The molecule has 0 unspecified atom stereocenters. The van der Waals surface area contributed by atoms with Gasteiger partial charge in [-0.2, -0.15) is 8.78 Å². The molecule has 1 amide bonds. The number of nitrogens with one attached hydrogen (secondary N) is 1. The molecule has 0 aromatic heterocycles. The average Bonchev–Trinajstić information content (AvgIpc) is 3.11. The van der Waals surface area contributed by atoms with Crippen LogP contribution in [0.1, 0.15) is 43.0 Å². The molecule has 3 nitrogen and oxygen atoms in total. The first-order chi connectivity index (χ1) is 10.9. The Hall–Kier alpha value is -1.17. The van der Waals surface area contributed by atoms with Crippen LogP contribution in [0.5, 0.6) is 5.75 Å². The summed E-state index contributed by atoms with van der Waals surface area (Å²) in [6.07, 6.45) is 4.97. The first-order valence-corrected chi connectivity index (χ1v) is 8.78. The molecule has 0 spiro atoms. The van der Waals surface area contributed by atoms with Crippen LogP contribution < -0.4 is 10.1 Å². The number of hydrogen-bond acceptors (Lipinski definition) is 2. The van der Waals surface area contributed by atoms with Crippen molar-refractivity contribution in [2.24, 2.45) is 17.8 Å². The van der Waals surface area contributed by atoms with Gasteiger partial charge in [-0.25, -0.2) is 0 Å². The highest BCUT2D eigenvalue weighted by atomic mass is 79.9. The van der Waals surface area contributed by atoms with Gasteiger partial charge in [0.05, 0.1) is 5.56 Å². The molecule has 4 atom stereocenters. The summed E-state index contributed by atoms with van der Waals surface area (Å²) in [5.41, 5.74) is 0.134. The van der Waals surface area contributed by atoms with Crippen LogP contribution in [0.25, 0.3) is 0 Å². The zero-order chi connectivity index (χ0) is 16.6. The zero-order valence-corrected chi connectivity index (χ0v) is 14.5. The number of ether oxygens (including phenoxy) is 1. The standard InChI is InChI=1S/C17H20BrF2NO2/c1-9(13-7-10-2-3-11(13)6-10)21-16(22)14-8-12(18)4-5-15(14)23-17(19)20/h4-5,8-11,13,17H,2-3,6-7H2,1H3,(H,21,22)/t9-,10-,11-,13-/m1/s1.